The van der Waals surface area contributed by atoms with Crippen LogP contribution in [-0.4, -0.2) is 36.7 Å². The van der Waals surface area contributed by atoms with Crippen LogP contribution in [0.15, 0.2) is 28.9 Å². The largest absolute Gasteiger partial charge is 0.496 e. The third-order valence-electron chi connectivity index (χ3n) is 4.51. The lowest BCUT2D eigenvalue weighted by molar-refractivity contribution is 0.0983. The smallest absolute Gasteiger partial charge is 0.199 e. The van der Waals surface area contributed by atoms with Gasteiger partial charge in [-0.3, -0.25) is 9.59 Å². The Morgan fingerprint density at radius 1 is 1.00 bits per heavy atom. The normalized spacial score (nSPS) is 14.1. The molecule has 26 heavy (non-hydrogen) atoms. The van der Waals surface area contributed by atoms with Crippen molar-refractivity contribution >= 4 is 17.3 Å². The Balaban J connectivity index is 2.32. The predicted octanol–water partition coefficient (Wildman–Crippen LogP) is 4.20. The second kappa shape index (κ2) is 9.17. The molecule has 0 aliphatic heterocycles. The number of hydrogen-bond donors (Lipinski definition) is 1. The number of oxime groups is 1. The Bertz CT molecular complexity index is 749. The number of fused-ring (bicyclic) bond motifs is 1. The van der Waals surface area contributed by atoms with Gasteiger partial charge in [-0.25, -0.2) is 0 Å². The summed E-state index contributed by atoms with van der Waals surface area (Å²) in [7, 11) is 2.88. The van der Waals surface area contributed by atoms with Crippen LogP contribution in [0.3, 0.4) is 0 Å². The van der Waals surface area contributed by atoms with E-state index in [-0.39, 0.29) is 28.2 Å². The minimum atomic E-state index is -0.392. The molecule has 0 saturated heterocycles. The number of methoxy groups -OCH3 is 2. The van der Waals surface area contributed by atoms with E-state index in [9.17, 15) is 14.8 Å². The van der Waals surface area contributed by atoms with Crippen molar-refractivity contribution in [1.29, 1.82) is 0 Å². The van der Waals surface area contributed by atoms with Crippen molar-refractivity contribution in [2.45, 2.75) is 45.4 Å². The molecule has 0 saturated carbocycles. The monoisotopic (exact) mass is 359 g/mol. The highest BCUT2D eigenvalue weighted by atomic mass is 16.5. The van der Waals surface area contributed by atoms with Crippen LogP contribution in [0, 0.1) is 0 Å². The molecule has 0 atom stereocenters. The van der Waals surface area contributed by atoms with Gasteiger partial charge >= 0.3 is 0 Å². The summed E-state index contributed by atoms with van der Waals surface area (Å²) in [6.07, 6.45) is 6.82. The van der Waals surface area contributed by atoms with E-state index in [1.165, 1.54) is 20.3 Å². The topological polar surface area (TPSA) is 85.2 Å². The SMILES string of the molecule is CCCCCCC/C(=N\O)C1=CC(=O)c2c(OC)ccc(OC)c2C1=O. The highest BCUT2D eigenvalue weighted by Crippen LogP contribution is 2.36. The fourth-order valence-electron chi connectivity index (χ4n) is 3.13. The number of benzene rings is 1. The second-order valence-electron chi connectivity index (χ2n) is 6.18. The number of Topliss-reactive ketones (excluding diaryl/α,β-unsaturated/α-hetero) is 1. The molecule has 0 spiro atoms. The summed E-state index contributed by atoms with van der Waals surface area (Å²) in [6.45, 7) is 2.14. The van der Waals surface area contributed by atoms with Crippen molar-refractivity contribution in [3.8, 4) is 11.5 Å². The Morgan fingerprint density at radius 3 is 2.19 bits per heavy atom. The van der Waals surface area contributed by atoms with E-state index in [4.69, 9.17) is 9.47 Å². The fourth-order valence-corrected chi connectivity index (χ4v) is 3.13. The summed E-state index contributed by atoms with van der Waals surface area (Å²) >= 11 is 0. The summed E-state index contributed by atoms with van der Waals surface area (Å²) in [5.41, 5.74) is 0.685. The fraction of sp³-hybridized carbons (Fsp3) is 0.450. The molecule has 0 amide bonds. The maximum absolute atomic E-state index is 13.0. The van der Waals surface area contributed by atoms with E-state index in [0.717, 1.165) is 32.1 Å². The van der Waals surface area contributed by atoms with Gasteiger partial charge in [0.15, 0.2) is 11.6 Å². The average Bonchev–Trinajstić information content (AvgIpc) is 2.66. The lowest BCUT2D eigenvalue weighted by Crippen LogP contribution is -2.23. The lowest BCUT2D eigenvalue weighted by atomic mass is 9.85. The number of hydrogen-bond acceptors (Lipinski definition) is 6. The van der Waals surface area contributed by atoms with Crippen LogP contribution in [0.5, 0.6) is 11.5 Å². The first kappa shape index (κ1) is 19.7. The molecule has 0 aromatic heterocycles. The number of carbonyl (C=O) groups is 2. The number of nitrogens with zero attached hydrogens (tertiary/aromatic N) is 1. The van der Waals surface area contributed by atoms with Crippen LogP contribution in [0.4, 0.5) is 0 Å². The molecule has 6 heteroatoms. The summed E-state index contributed by atoms with van der Waals surface area (Å²) < 4.78 is 10.5. The van der Waals surface area contributed by atoms with E-state index in [2.05, 4.69) is 12.1 Å². The van der Waals surface area contributed by atoms with Gasteiger partial charge in [-0.15, -0.1) is 0 Å². The third-order valence-corrected chi connectivity index (χ3v) is 4.51. The third kappa shape index (κ3) is 3.95. The Morgan fingerprint density at radius 2 is 1.62 bits per heavy atom. The molecule has 1 aromatic rings. The molecular formula is C20H25NO5. The molecule has 1 N–H and O–H groups in total. The van der Waals surface area contributed by atoms with E-state index in [0.29, 0.717) is 17.9 Å². The van der Waals surface area contributed by atoms with Crippen molar-refractivity contribution in [3.05, 3.63) is 34.9 Å². The number of ketones is 2. The molecule has 1 aliphatic carbocycles. The van der Waals surface area contributed by atoms with Gasteiger partial charge in [0.2, 0.25) is 0 Å². The highest BCUT2D eigenvalue weighted by Gasteiger charge is 2.33. The average molecular weight is 359 g/mol. The van der Waals surface area contributed by atoms with Crippen LogP contribution in [0.2, 0.25) is 0 Å². The quantitative estimate of drug-likeness (QED) is 0.309. The van der Waals surface area contributed by atoms with Crippen molar-refractivity contribution < 1.29 is 24.3 Å². The zero-order chi connectivity index (χ0) is 19.1. The van der Waals surface area contributed by atoms with Gasteiger partial charge in [0.1, 0.15) is 11.5 Å². The van der Waals surface area contributed by atoms with Crippen molar-refractivity contribution in [2.75, 3.05) is 14.2 Å². The number of unbranched alkanes of at least 4 members (excludes halogenated alkanes) is 4. The lowest BCUT2D eigenvalue weighted by Gasteiger charge is -2.20. The first-order valence-electron chi connectivity index (χ1n) is 8.86. The summed E-state index contributed by atoms with van der Waals surface area (Å²) in [5.74, 6) is -0.143. The van der Waals surface area contributed by atoms with E-state index < -0.39 is 5.78 Å². The summed E-state index contributed by atoms with van der Waals surface area (Å²) in [5, 5.41) is 12.7. The number of ether oxygens (including phenoxy) is 2. The van der Waals surface area contributed by atoms with E-state index >= 15 is 0 Å². The van der Waals surface area contributed by atoms with Gasteiger partial charge in [-0.1, -0.05) is 37.8 Å². The van der Waals surface area contributed by atoms with Gasteiger partial charge in [0.25, 0.3) is 0 Å². The predicted molar refractivity (Wildman–Crippen MR) is 98.9 cm³/mol. The molecule has 0 unspecified atom stereocenters. The number of carbonyl (C=O) groups excluding carboxylic acids is 2. The van der Waals surface area contributed by atoms with Gasteiger partial charge in [-0.2, -0.15) is 0 Å². The molecule has 1 aromatic carbocycles. The molecular weight excluding hydrogens is 334 g/mol. The Hall–Kier alpha value is -2.63. The zero-order valence-electron chi connectivity index (χ0n) is 15.5. The molecule has 0 radical (unpaired) electrons. The summed E-state index contributed by atoms with van der Waals surface area (Å²) in [6, 6.07) is 3.18. The molecule has 0 heterocycles. The highest BCUT2D eigenvalue weighted by molar-refractivity contribution is 6.37. The van der Waals surface area contributed by atoms with Crippen molar-refractivity contribution in [3.63, 3.8) is 0 Å². The first-order chi connectivity index (χ1) is 12.6. The van der Waals surface area contributed by atoms with Crippen LogP contribution < -0.4 is 9.47 Å². The standard InChI is InChI=1S/C20H25NO5/c1-4-5-6-7-8-9-14(21-24)13-12-15(22)18-16(25-2)10-11-17(26-3)19(18)20(13)23/h10-12,24H,4-9H2,1-3H3/b21-14+. The van der Waals surface area contributed by atoms with Gasteiger partial charge in [0.05, 0.1) is 36.6 Å². The maximum atomic E-state index is 13.0. The van der Waals surface area contributed by atoms with Crippen LogP contribution in [-0.2, 0) is 0 Å². The minimum absolute atomic E-state index is 0.118. The Kier molecular flexibility index (Phi) is 6.95. The van der Waals surface area contributed by atoms with Crippen LogP contribution in [0.1, 0.15) is 66.2 Å². The second-order valence-corrected chi connectivity index (χ2v) is 6.18. The maximum Gasteiger partial charge on any atom is 0.199 e. The molecule has 1 aliphatic rings. The van der Waals surface area contributed by atoms with E-state index in [1.807, 2.05) is 0 Å². The molecule has 140 valence electrons. The minimum Gasteiger partial charge on any atom is -0.496 e. The van der Waals surface area contributed by atoms with E-state index in [1.54, 1.807) is 12.1 Å². The first-order valence-corrected chi connectivity index (χ1v) is 8.86. The van der Waals surface area contributed by atoms with Gasteiger partial charge in [0, 0.05) is 0 Å². The molecule has 0 fully saturated rings. The summed E-state index contributed by atoms with van der Waals surface area (Å²) in [4.78, 5) is 25.6. The van der Waals surface area contributed by atoms with Crippen LogP contribution in [0.25, 0.3) is 0 Å². The molecule has 2 rings (SSSR count). The Labute approximate surface area is 153 Å². The molecule has 6 nitrogen and oxygen atoms in total. The molecule has 0 bridgehead atoms. The zero-order valence-corrected chi connectivity index (χ0v) is 15.5. The number of allylic oxidation sites excluding steroid dienone is 2. The van der Waals surface area contributed by atoms with Crippen molar-refractivity contribution in [2.24, 2.45) is 5.16 Å². The van der Waals surface area contributed by atoms with Crippen LogP contribution >= 0.6 is 0 Å². The van der Waals surface area contributed by atoms with Crippen molar-refractivity contribution in [1.82, 2.24) is 0 Å². The van der Waals surface area contributed by atoms with Gasteiger partial charge in [-0.05, 0) is 31.1 Å². The number of rotatable bonds is 9. The van der Waals surface area contributed by atoms with Gasteiger partial charge < -0.3 is 14.7 Å².